The molecule has 7 heteroatoms. The topological polar surface area (TPSA) is 99.5 Å². The molecule has 0 saturated heterocycles. The highest BCUT2D eigenvalue weighted by Gasteiger charge is 2.22. The van der Waals surface area contributed by atoms with E-state index < -0.39 is 17.9 Å². The standard InChI is InChI=1S/C14H14N2O4S/c1-8-15-7-12(21-8)13(18)16-11(14(19)20)6-9-2-4-10(17)5-3-9/h2-5,7,11,17H,6H2,1H3,(H,16,18)(H,19,20)/t11-/m0/s1. The third-order valence-electron chi connectivity index (χ3n) is 2.82. The summed E-state index contributed by atoms with van der Waals surface area (Å²) in [5.74, 6) is -1.46. The molecular weight excluding hydrogens is 292 g/mol. The predicted molar refractivity (Wildman–Crippen MR) is 77.6 cm³/mol. The lowest BCUT2D eigenvalue weighted by molar-refractivity contribution is -0.139. The molecule has 0 spiro atoms. The van der Waals surface area contributed by atoms with E-state index in [2.05, 4.69) is 10.3 Å². The van der Waals surface area contributed by atoms with Gasteiger partial charge in [-0.2, -0.15) is 0 Å². The van der Waals surface area contributed by atoms with E-state index in [9.17, 15) is 19.8 Å². The van der Waals surface area contributed by atoms with Crippen LogP contribution >= 0.6 is 11.3 Å². The minimum atomic E-state index is -1.11. The van der Waals surface area contributed by atoms with Gasteiger partial charge in [0.25, 0.3) is 5.91 Å². The molecular formula is C14H14N2O4S. The van der Waals surface area contributed by atoms with Crippen molar-refractivity contribution in [3.05, 3.63) is 45.9 Å². The molecule has 0 radical (unpaired) electrons. The normalized spacial score (nSPS) is 11.9. The number of hydrogen-bond donors (Lipinski definition) is 3. The first kappa shape index (κ1) is 15.0. The predicted octanol–water partition coefficient (Wildman–Crippen LogP) is 1.58. The van der Waals surface area contributed by atoms with E-state index in [0.29, 0.717) is 10.4 Å². The molecule has 0 aliphatic heterocycles. The molecule has 0 fully saturated rings. The van der Waals surface area contributed by atoms with Crippen molar-refractivity contribution < 1.29 is 19.8 Å². The molecule has 1 aromatic heterocycles. The molecule has 6 nitrogen and oxygen atoms in total. The zero-order chi connectivity index (χ0) is 15.4. The Bertz CT molecular complexity index is 651. The van der Waals surface area contributed by atoms with Crippen LogP contribution in [0.1, 0.15) is 20.2 Å². The summed E-state index contributed by atoms with van der Waals surface area (Å²) in [6.45, 7) is 1.77. The number of amides is 1. The molecule has 0 aliphatic rings. The van der Waals surface area contributed by atoms with Crippen molar-refractivity contribution in [3.63, 3.8) is 0 Å². The number of benzene rings is 1. The van der Waals surface area contributed by atoms with Crippen LogP contribution in [0.3, 0.4) is 0 Å². The lowest BCUT2D eigenvalue weighted by atomic mass is 10.1. The molecule has 1 aromatic carbocycles. The highest BCUT2D eigenvalue weighted by molar-refractivity contribution is 7.13. The van der Waals surface area contributed by atoms with Crippen molar-refractivity contribution >= 4 is 23.2 Å². The van der Waals surface area contributed by atoms with Gasteiger partial charge in [0.1, 0.15) is 16.7 Å². The van der Waals surface area contributed by atoms with Crippen LogP contribution in [0.2, 0.25) is 0 Å². The number of carbonyl (C=O) groups is 2. The van der Waals surface area contributed by atoms with Crippen LogP contribution < -0.4 is 5.32 Å². The third-order valence-corrected chi connectivity index (χ3v) is 3.74. The van der Waals surface area contributed by atoms with Crippen molar-refractivity contribution in [3.8, 4) is 5.75 Å². The molecule has 110 valence electrons. The second-order valence-corrected chi connectivity index (χ2v) is 5.71. The molecule has 2 rings (SSSR count). The monoisotopic (exact) mass is 306 g/mol. The number of hydrogen-bond acceptors (Lipinski definition) is 5. The SMILES string of the molecule is Cc1ncc(C(=O)N[C@@H](Cc2ccc(O)cc2)C(=O)O)s1. The molecule has 2 aromatic rings. The Morgan fingerprint density at radius 2 is 2.00 bits per heavy atom. The Morgan fingerprint density at radius 1 is 1.33 bits per heavy atom. The Kier molecular flexibility index (Phi) is 4.54. The first-order chi connectivity index (χ1) is 9.95. The summed E-state index contributed by atoms with van der Waals surface area (Å²) in [4.78, 5) is 27.6. The number of phenolic OH excluding ortho intramolecular Hbond substituents is 1. The van der Waals surface area contributed by atoms with Gasteiger partial charge in [-0.3, -0.25) is 4.79 Å². The van der Waals surface area contributed by atoms with Crippen LogP contribution in [0.4, 0.5) is 0 Å². The Hall–Kier alpha value is -2.41. The van der Waals surface area contributed by atoms with Crippen molar-refractivity contribution in [1.29, 1.82) is 0 Å². The van der Waals surface area contributed by atoms with Crippen molar-refractivity contribution in [2.24, 2.45) is 0 Å². The molecule has 21 heavy (non-hydrogen) atoms. The van der Waals surface area contributed by atoms with Crippen molar-refractivity contribution in [2.45, 2.75) is 19.4 Å². The molecule has 1 atom stereocenters. The van der Waals surface area contributed by atoms with Gasteiger partial charge in [0.15, 0.2) is 0 Å². The number of aromatic hydroxyl groups is 1. The lowest BCUT2D eigenvalue weighted by Gasteiger charge is -2.14. The molecule has 0 saturated carbocycles. The number of aliphatic carboxylic acids is 1. The molecule has 0 unspecified atom stereocenters. The Balaban J connectivity index is 2.07. The number of thiazole rings is 1. The maximum Gasteiger partial charge on any atom is 0.326 e. The van der Waals surface area contributed by atoms with E-state index in [1.165, 1.54) is 29.7 Å². The van der Waals surface area contributed by atoms with Gasteiger partial charge < -0.3 is 15.5 Å². The summed E-state index contributed by atoms with van der Waals surface area (Å²) in [5, 5.41) is 21.6. The lowest BCUT2D eigenvalue weighted by Crippen LogP contribution is -2.42. The minimum Gasteiger partial charge on any atom is -0.508 e. The van der Waals surface area contributed by atoms with Gasteiger partial charge in [-0.25, -0.2) is 9.78 Å². The maximum atomic E-state index is 12.0. The Morgan fingerprint density at radius 3 is 2.52 bits per heavy atom. The minimum absolute atomic E-state index is 0.106. The smallest absolute Gasteiger partial charge is 0.326 e. The van der Waals surface area contributed by atoms with Gasteiger partial charge >= 0.3 is 5.97 Å². The summed E-state index contributed by atoms with van der Waals surface area (Å²) in [5.41, 5.74) is 0.709. The number of aromatic nitrogens is 1. The summed E-state index contributed by atoms with van der Waals surface area (Å²) in [6.07, 6.45) is 1.56. The molecule has 3 N–H and O–H groups in total. The van der Waals surface area contributed by atoms with Crippen LogP contribution in [0.15, 0.2) is 30.5 Å². The highest BCUT2D eigenvalue weighted by atomic mass is 32.1. The summed E-state index contributed by atoms with van der Waals surface area (Å²) >= 11 is 1.21. The number of carbonyl (C=O) groups excluding carboxylic acids is 1. The van der Waals surface area contributed by atoms with Crippen LogP contribution in [0.5, 0.6) is 5.75 Å². The third kappa shape index (κ3) is 4.03. The second kappa shape index (κ2) is 6.36. The van der Waals surface area contributed by atoms with Crippen molar-refractivity contribution in [1.82, 2.24) is 10.3 Å². The number of rotatable bonds is 5. The van der Waals surface area contributed by atoms with Crippen LogP contribution in [-0.2, 0) is 11.2 Å². The fourth-order valence-electron chi connectivity index (χ4n) is 1.76. The van der Waals surface area contributed by atoms with Gasteiger partial charge in [-0.1, -0.05) is 12.1 Å². The second-order valence-electron chi connectivity index (χ2n) is 4.48. The molecule has 0 aliphatic carbocycles. The van der Waals surface area contributed by atoms with Gasteiger partial charge in [-0.05, 0) is 24.6 Å². The van der Waals surface area contributed by atoms with Crippen LogP contribution in [0, 0.1) is 6.92 Å². The number of aryl methyl sites for hydroxylation is 1. The summed E-state index contributed by atoms with van der Waals surface area (Å²) < 4.78 is 0. The van der Waals surface area contributed by atoms with E-state index in [0.717, 1.165) is 5.01 Å². The fourth-order valence-corrected chi connectivity index (χ4v) is 2.44. The van der Waals surface area contributed by atoms with E-state index in [1.807, 2.05) is 0 Å². The quantitative estimate of drug-likeness (QED) is 0.779. The van der Waals surface area contributed by atoms with E-state index in [1.54, 1.807) is 19.1 Å². The largest absolute Gasteiger partial charge is 0.508 e. The number of carboxylic acids is 1. The Labute approximate surface area is 125 Å². The summed E-state index contributed by atoms with van der Waals surface area (Å²) in [7, 11) is 0. The first-order valence-electron chi connectivity index (χ1n) is 6.19. The molecule has 1 heterocycles. The average Bonchev–Trinajstić information content (AvgIpc) is 2.87. The zero-order valence-electron chi connectivity index (χ0n) is 11.2. The van der Waals surface area contributed by atoms with E-state index in [-0.39, 0.29) is 12.2 Å². The van der Waals surface area contributed by atoms with Crippen LogP contribution in [0.25, 0.3) is 0 Å². The zero-order valence-corrected chi connectivity index (χ0v) is 12.1. The number of phenols is 1. The first-order valence-corrected chi connectivity index (χ1v) is 7.01. The van der Waals surface area contributed by atoms with E-state index in [4.69, 9.17) is 0 Å². The van der Waals surface area contributed by atoms with Gasteiger partial charge in [0.2, 0.25) is 0 Å². The fraction of sp³-hybridized carbons (Fsp3) is 0.214. The number of nitrogens with one attached hydrogen (secondary N) is 1. The van der Waals surface area contributed by atoms with E-state index >= 15 is 0 Å². The number of nitrogens with zero attached hydrogens (tertiary/aromatic N) is 1. The van der Waals surface area contributed by atoms with Crippen LogP contribution in [-0.4, -0.2) is 33.1 Å². The molecule has 0 bridgehead atoms. The molecule has 1 amide bonds. The van der Waals surface area contributed by atoms with Gasteiger partial charge in [-0.15, -0.1) is 11.3 Å². The van der Waals surface area contributed by atoms with Crippen molar-refractivity contribution in [2.75, 3.05) is 0 Å². The summed E-state index contributed by atoms with van der Waals surface area (Å²) in [6, 6.07) is 5.15. The maximum absolute atomic E-state index is 12.0. The number of carboxylic acid groups (broad SMARTS) is 1. The van der Waals surface area contributed by atoms with Gasteiger partial charge in [0.05, 0.1) is 11.2 Å². The highest BCUT2D eigenvalue weighted by Crippen LogP contribution is 2.14. The average molecular weight is 306 g/mol. The van der Waals surface area contributed by atoms with Gasteiger partial charge in [0, 0.05) is 6.42 Å².